The molecule has 0 bridgehead atoms. The molecular weight excluding hydrogens is 293 g/mol. The Morgan fingerprint density at radius 2 is 2.09 bits per heavy atom. The van der Waals surface area contributed by atoms with Crippen molar-refractivity contribution < 1.29 is 9.18 Å². The molecule has 23 heavy (non-hydrogen) atoms. The number of hydrogen-bond acceptors (Lipinski definition) is 2. The van der Waals surface area contributed by atoms with E-state index in [0.717, 1.165) is 37.3 Å². The Kier molecular flexibility index (Phi) is 4.65. The van der Waals surface area contributed by atoms with E-state index in [2.05, 4.69) is 22.1 Å². The molecule has 1 aromatic heterocycles. The van der Waals surface area contributed by atoms with Gasteiger partial charge in [-0.2, -0.15) is 0 Å². The fourth-order valence-electron chi connectivity index (χ4n) is 3.00. The molecule has 1 amide bonds. The molecular formula is C18H22FN3O. The topological polar surface area (TPSA) is 48.1 Å². The Hall–Kier alpha value is -2.30. The van der Waals surface area contributed by atoms with E-state index < -0.39 is 0 Å². The average molecular weight is 315 g/mol. The minimum Gasteiger partial charge on any atom is -0.371 e. The Morgan fingerprint density at radius 3 is 2.78 bits per heavy atom. The lowest BCUT2D eigenvalue weighted by molar-refractivity contribution is 0.0943. The largest absolute Gasteiger partial charge is 0.371 e. The van der Waals surface area contributed by atoms with Gasteiger partial charge in [-0.05, 0) is 55.2 Å². The van der Waals surface area contributed by atoms with E-state index in [0.29, 0.717) is 18.2 Å². The molecule has 3 rings (SSSR count). The minimum absolute atomic E-state index is 0.0510. The van der Waals surface area contributed by atoms with Crippen LogP contribution in [0, 0.1) is 11.7 Å². The van der Waals surface area contributed by atoms with Crippen LogP contribution in [0.1, 0.15) is 29.5 Å². The number of aromatic amines is 1. The number of H-pyrrole nitrogens is 1. The minimum atomic E-state index is -0.214. The van der Waals surface area contributed by atoms with Crippen molar-refractivity contribution in [2.75, 3.05) is 24.5 Å². The van der Waals surface area contributed by atoms with E-state index in [1.165, 1.54) is 12.1 Å². The molecule has 0 radical (unpaired) electrons. The third-order valence-corrected chi connectivity index (χ3v) is 4.40. The number of nitrogens with one attached hydrogen (secondary N) is 2. The maximum atomic E-state index is 13.0. The Balaban J connectivity index is 1.50. The second-order valence-corrected chi connectivity index (χ2v) is 6.04. The number of anilines is 1. The molecule has 0 spiro atoms. The molecule has 0 unspecified atom stereocenters. The summed E-state index contributed by atoms with van der Waals surface area (Å²) in [6.45, 7) is 4.54. The van der Waals surface area contributed by atoms with Gasteiger partial charge in [0.15, 0.2) is 0 Å². The summed E-state index contributed by atoms with van der Waals surface area (Å²) in [5.74, 6) is 0.156. The monoisotopic (exact) mass is 315 g/mol. The number of amides is 1. The molecule has 1 aliphatic heterocycles. The first-order valence-electron chi connectivity index (χ1n) is 8.12. The zero-order valence-electron chi connectivity index (χ0n) is 13.3. The van der Waals surface area contributed by atoms with Gasteiger partial charge in [0, 0.05) is 31.0 Å². The molecule has 0 saturated carbocycles. The quantitative estimate of drug-likeness (QED) is 0.891. The van der Waals surface area contributed by atoms with E-state index >= 15 is 0 Å². The normalized spacial score (nSPS) is 17.5. The summed E-state index contributed by atoms with van der Waals surface area (Å²) in [4.78, 5) is 17.5. The van der Waals surface area contributed by atoms with Crippen molar-refractivity contribution in [2.24, 2.45) is 5.92 Å². The van der Waals surface area contributed by atoms with Gasteiger partial charge in [-0.15, -0.1) is 0 Å². The number of benzene rings is 1. The highest BCUT2D eigenvalue weighted by molar-refractivity contribution is 5.92. The van der Waals surface area contributed by atoms with E-state index in [4.69, 9.17) is 0 Å². The Labute approximate surface area is 135 Å². The fraction of sp³-hybridized carbons (Fsp3) is 0.389. The highest BCUT2D eigenvalue weighted by atomic mass is 19.1. The summed E-state index contributed by atoms with van der Waals surface area (Å²) in [7, 11) is 0. The molecule has 1 aromatic carbocycles. The van der Waals surface area contributed by atoms with Gasteiger partial charge in [0.05, 0.1) is 0 Å². The van der Waals surface area contributed by atoms with Gasteiger partial charge in [0.1, 0.15) is 11.5 Å². The van der Waals surface area contributed by atoms with Crippen LogP contribution in [0.5, 0.6) is 0 Å². The highest BCUT2D eigenvalue weighted by Gasteiger charge is 2.23. The molecule has 5 heteroatoms. The van der Waals surface area contributed by atoms with Crippen molar-refractivity contribution in [1.82, 2.24) is 10.3 Å². The first-order valence-corrected chi connectivity index (χ1v) is 8.12. The molecule has 2 aromatic rings. The molecule has 2 N–H and O–H groups in total. The average Bonchev–Trinajstić information content (AvgIpc) is 3.22. The van der Waals surface area contributed by atoms with E-state index in [1.807, 2.05) is 24.3 Å². The standard InChI is InChI=1S/C18H22FN3O/c1-2-15-5-8-17(21-15)18(23)20-11-13-9-10-22(12-13)16-6-3-14(19)4-7-16/h3-8,13,21H,2,9-12H2,1H3,(H,20,23)/t13-/m1/s1. The van der Waals surface area contributed by atoms with E-state index in [1.54, 1.807) is 0 Å². The van der Waals surface area contributed by atoms with Gasteiger partial charge in [0.25, 0.3) is 5.91 Å². The van der Waals surface area contributed by atoms with Crippen molar-refractivity contribution in [3.63, 3.8) is 0 Å². The summed E-state index contributed by atoms with van der Waals surface area (Å²) >= 11 is 0. The Morgan fingerprint density at radius 1 is 1.30 bits per heavy atom. The van der Waals surface area contributed by atoms with Crippen LogP contribution in [0.2, 0.25) is 0 Å². The predicted octanol–water partition coefficient (Wildman–Crippen LogP) is 2.97. The number of hydrogen-bond donors (Lipinski definition) is 2. The third kappa shape index (κ3) is 3.73. The van der Waals surface area contributed by atoms with Gasteiger partial charge in [-0.25, -0.2) is 4.39 Å². The lowest BCUT2D eigenvalue weighted by Gasteiger charge is -2.18. The zero-order valence-corrected chi connectivity index (χ0v) is 13.3. The molecule has 2 heterocycles. The van der Waals surface area contributed by atoms with Crippen LogP contribution in [0.25, 0.3) is 0 Å². The van der Waals surface area contributed by atoms with Crippen molar-refractivity contribution >= 4 is 11.6 Å². The second-order valence-electron chi connectivity index (χ2n) is 6.04. The summed E-state index contributed by atoms with van der Waals surface area (Å²) in [6, 6.07) is 10.4. The first kappa shape index (κ1) is 15.6. The van der Waals surface area contributed by atoms with E-state index in [-0.39, 0.29) is 11.7 Å². The fourth-order valence-corrected chi connectivity index (χ4v) is 3.00. The highest BCUT2D eigenvalue weighted by Crippen LogP contribution is 2.23. The second kappa shape index (κ2) is 6.86. The van der Waals surface area contributed by atoms with Crippen molar-refractivity contribution in [3.05, 3.63) is 53.6 Å². The molecule has 1 saturated heterocycles. The Bertz CT molecular complexity index is 665. The number of aromatic nitrogens is 1. The molecule has 1 fully saturated rings. The smallest absolute Gasteiger partial charge is 0.267 e. The third-order valence-electron chi connectivity index (χ3n) is 4.40. The van der Waals surface area contributed by atoms with Crippen molar-refractivity contribution in [3.8, 4) is 0 Å². The van der Waals surface area contributed by atoms with Crippen LogP contribution in [0.3, 0.4) is 0 Å². The van der Waals surface area contributed by atoms with Gasteiger partial charge in [-0.3, -0.25) is 4.79 Å². The van der Waals surface area contributed by atoms with Crippen molar-refractivity contribution in [2.45, 2.75) is 19.8 Å². The summed E-state index contributed by atoms with van der Waals surface area (Å²) < 4.78 is 13.0. The van der Waals surface area contributed by atoms with Gasteiger partial charge in [0.2, 0.25) is 0 Å². The number of aryl methyl sites for hydroxylation is 1. The number of halogens is 1. The van der Waals surface area contributed by atoms with Crippen LogP contribution < -0.4 is 10.2 Å². The SMILES string of the molecule is CCc1ccc(C(=O)NC[C@H]2CCN(c3ccc(F)cc3)C2)[nH]1. The van der Waals surface area contributed by atoms with Crippen LogP contribution in [-0.4, -0.2) is 30.5 Å². The van der Waals surface area contributed by atoms with E-state index in [9.17, 15) is 9.18 Å². The molecule has 1 aliphatic rings. The lowest BCUT2D eigenvalue weighted by atomic mass is 10.1. The summed E-state index contributed by atoms with van der Waals surface area (Å²) in [5.41, 5.74) is 2.73. The van der Waals surface area contributed by atoms with Crippen LogP contribution in [0.4, 0.5) is 10.1 Å². The first-order chi connectivity index (χ1) is 11.2. The molecule has 4 nitrogen and oxygen atoms in total. The molecule has 122 valence electrons. The lowest BCUT2D eigenvalue weighted by Crippen LogP contribution is -2.31. The van der Waals surface area contributed by atoms with Gasteiger partial charge in [-0.1, -0.05) is 6.92 Å². The predicted molar refractivity (Wildman–Crippen MR) is 89.2 cm³/mol. The zero-order chi connectivity index (χ0) is 16.2. The number of carbonyl (C=O) groups is 1. The van der Waals surface area contributed by atoms with Crippen molar-refractivity contribution in [1.29, 1.82) is 0 Å². The molecule has 0 aliphatic carbocycles. The maximum Gasteiger partial charge on any atom is 0.267 e. The van der Waals surface area contributed by atoms with Crippen LogP contribution >= 0.6 is 0 Å². The van der Waals surface area contributed by atoms with Gasteiger partial charge < -0.3 is 15.2 Å². The number of rotatable bonds is 5. The number of carbonyl (C=O) groups excluding carboxylic acids is 1. The molecule has 1 atom stereocenters. The maximum absolute atomic E-state index is 13.0. The number of nitrogens with zero attached hydrogens (tertiary/aromatic N) is 1. The van der Waals surface area contributed by atoms with Crippen LogP contribution in [-0.2, 0) is 6.42 Å². The summed E-state index contributed by atoms with van der Waals surface area (Å²) in [6.07, 6.45) is 1.92. The summed E-state index contributed by atoms with van der Waals surface area (Å²) in [5, 5.41) is 3.00. The van der Waals surface area contributed by atoms with Gasteiger partial charge >= 0.3 is 0 Å². The van der Waals surface area contributed by atoms with Crippen LogP contribution in [0.15, 0.2) is 36.4 Å².